The lowest BCUT2D eigenvalue weighted by atomic mass is 9.84. The van der Waals surface area contributed by atoms with Gasteiger partial charge in [0.2, 0.25) is 0 Å². The van der Waals surface area contributed by atoms with Crippen molar-refractivity contribution >= 4 is 5.91 Å². The molecule has 1 N–H and O–H groups in total. The van der Waals surface area contributed by atoms with E-state index in [0.717, 1.165) is 11.8 Å². The summed E-state index contributed by atoms with van der Waals surface area (Å²) in [4.78, 5) is 12.0. The molecule has 0 spiro atoms. The number of hydrogen-bond acceptors (Lipinski definition) is 2. The third-order valence-corrected chi connectivity index (χ3v) is 4.74. The lowest BCUT2D eigenvalue weighted by Gasteiger charge is -2.28. The van der Waals surface area contributed by atoms with E-state index in [0.29, 0.717) is 11.6 Å². The highest BCUT2D eigenvalue weighted by Gasteiger charge is 2.42. The molecule has 3 rings (SSSR count). The van der Waals surface area contributed by atoms with Crippen LogP contribution >= 0.6 is 0 Å². The number of carbonyl (C=O) groups excluding carboxylic acids is 1. The molecule has 1 amide bonds. The lowest BCUT2D eigenvalue weighted by molar-refractivity contribution is 0.0909. The van der Waals surface area contributed by atoms with Crippen molar-refractivity contribution < 1.29 is 4.79 Å². The van der Waals surface area contributed by atoms with Crippen LogP contribution in [0, 0.1) is 17.8 Å². The molecule has 0 radical (unpaired) electrons. The highest BCUT2D eigenvalue weighted by Crippen LogP contribution is 2.49. The van der Waals surface area contributed by atoms with Crippen LogP contribution in [-0.2, 0) is 7.05 Å². The van der Waals surface area contributed by atoms with Gasteiger partial charge in [0.25, 0.3) is 5.91 Å². The van der Waals surface area contributed by atoms with Gasteiger partial charge in [0.1, 0.15) is 5.69 Å². The van der Waals surface area contributed by atoms with Crippen molar-refractivity contribution in [3.05, 3.63) is 18.0 Å². The molecule has 4 atom stereocenters. The molecule has 0 aliphatic heterocycles. The summed E-state index contributed by atoms with van der Waals surface area (Å²) in [5.74, 6) is 2.41. The van der Waals surface area contributed by atoms with Crippen molar-refractivity contribution in [3.8, 4) is 0 Å². The Labute approximate surface area is 108 Å². The average Bonchev–Trinajstić information content (AvgIpc) is 3.03. The first-order valence-electron chi connectivity index (χ1n) is 6.94. The van der Waals surface area contributed by atoms with Gasteiger partial charge in [-0.05, 0) is 50.0 Å². The summed E-state index contributed by atoms with van der Waals surface area (Å²) in [6.45, 7) is 2.15. The number of aromatic nitrogens is 2. The molecular formula is C14H21N3O. The monoisotopic (exact) mass is 247 g/mol. The Balaban J connectivity index is 1.61. The van der Waals surface area contributed by atoms with E-state index < -0.39 is 0 Å². The summed E-state index contributed by atoms with van der Waals surface area (Å²) >= 11 is 0. The van der Waals surface area contributed by atoms with Crippen molar-refractivity contribution in [2.75, 3.05) is 0 Å². The van der Waals surface area contributed by atoms with E-state index in [2.05, 4.69) is 17.3 Å². The quantitative estimate of drug-likeness (QED) is 0.887. The normalized spacial score (nSPS) is 31.6. The maximum atomic E-state index is 12.0. The van der Waals surface area contributed by atoms with E-state index in [1.54, 1.807) is 16.9 Å². The minimum absolute atomic E-state index is 0.0362. The number of amides is 1. The second-order valence-corrected chi connectivity index (χ2v) is 5.98. The molecular weight excluding hydrogens is 226 g/mol. The van der Waals surface area contributed by atoms with Gasteiger partial charge in [-0.15, -0.1) is 0 Å². The molecule has 4 nitrogen and oxygen atoms in total. The highest BCUT2D eigenvalue weighted by molar-refractivity contribution is 5.92. The van der Waals surface area contributed by atoms with Crippen LogP contribution in [0.4, 0.5) is 0 Å². The minimum Gasteiger partial charge on any atom is -0.348 e. The van der Waals surface area contributed by atoms with Crippen molar-refractivity contribution in [2.45, 2.75) is 38.6 Å². The SMILES string of the molecule is C[C@H](NC(=O)c1ccn(C)n1)[C@@H]1C[C@H]2CC[C@H]1C2. The molecule has 18 heavy (non-hydrogen) atoms. The van der Waals surface area contributed by atoms with Gasteiger partial charge in [0.05, 0.1) is 0 Å². The average molecular weight is 247 g/mol. The molecule has 2 fully saturated rings. The first-order chi connectivity index (χ1) is 8.63. The van der Waals surface area contributed by atoms with Gasteiger partial charge in [-0.1, -0.05) is 6.42 Å². The Kier molecular flexibility index (Phi) is 2.88. The summed E-state index contributed by atoms with van der Waals surface area (Å²) in [5, 5.41) is 7.26. The number of nitrogens with one attached hydrogen (secondary N) is 1. The maximum Gasteiger partial charge on any atom is 0.271 e. The van der Waals surface area contributed by atoms with E-state index in [9.17, 15) is 4.79 Å². The zero-order chi connectivity index (χ0) is 12.7. The van der Waals surface area contributed by atoms with Crippen LogP contribution in [0.3, 0.4) is 0 Å². The first kappa shape index (κ1) is 11.8. The molecule has 0 saturated heterocycles. The molecule has 2 saturated carbocycles. The Hall–Kier alpha value is -1.32. The first-order valence-corrected chi connectivity index (χ1v) is 6.94. The largest absolute Gasteiger partial charge is 0.348 e. The molecule has 98 valence electrons. The van der Waals surface area contributed by atoms with Crippen LogP contribution in [0.25, 0.3) is 0 Å². The molecule has 2 aliphatic carbocycles. The van der Waals surface area contributed by atoms with Gasteiger partial charge in [0, 0.05) is 19.3 Å². The fraction of sp³-hybridized carbons (Fsp3) is 0.714. The van der Waals surface area contributed by atoms with E-state index >= 15 is 0 Å². The Morgan fingerprint density at radius 1 is 1.50 bits per heavy atom. The maximum absolute atomic E-state index is 12.0. The Morgan fingerprint density at radius 3 is 2.89 bits per heavy atom. The van der Waals surface area contributed by atoms with Crippen molar-refractivity contribution in [1.82, 2.24) is 15.1 Å². The summed E-state index contributed by atoms with van der Waals surface area (Å²) in [6.07, 6.45) is 7.25. The molecule has 0 unspecified atom stereocenters. The second-order valence-electron chi connectivity index (χ2n) is 5.98. The molecule has 2 aliphatic rings. The minimum atomic E-state index is -0.0362. The fourth-order valence-electron chi connectivity index (χ4n) is 3.83. The van der Waals surface area contributed by atoms with E-state index in [1.165, 1.54) is 25.7 Å². The highest BCUT2D eigenvalue weighted by atomic mass is 16.2. The van der Waals surface area contributed by atoms with Crippen LogP contribution in [0.2, 0.25) is 0 Å². The fourth-order valence-corrected chi connectivity index (χ4v) is 3.83. The summed E-state index contributed by atoms with van der Waals surface area (Å²) in [7, 11) is 1.83. The number of hydrogen-bond donors (Lipinski definition) is 1. The third kappa shape index (κ3) is 2.04. The predicted molar refractivity (Wildman–Crippen MR) is 69.1 cm³/mol. The summed E-state index contributed by atoms with van der Waals surface area (Å²) < 4.78 is 1.66. The number of rotatable bonds is 3. The number of carbonyl (C=O) groups is 1. The molecule has 1 aromatic heterocycles. The molecule has 1 aromatic rings. The molecule has 2 bridgehead atoms. The van der Waals surface area contributed by atoms with Gasteiger partial charge in [-0.25, -0.2) is 0 Å². The van der Waals surface area contributed by atoms with E-state index in [1.807, 2.05) is 7.05 Å². The number of nitrogens with zero attached hydrogens (tertiary/aromatic N) is 2. The second kappa shape index (κ2) is 4.41. The number of aryl methyl sites for hydroxylation is 1. The van der Waals surface area contributed by atoms with Gasteiger partial charge in [-0.2, -0.15) is 5.10 Å². The van der Waals surface area contributed by atoms with Gasteiger partial charge >= 0.3 is 0 Å². The molecule has 1 heterocycles. The van der Waals surface area contributed by atoms with Gasteiger partial charge in [0.15, 0.2) is 0 Å². The van der Waals surface area contributed by atoms with Crippen LogP contribution in [0.5, 0.6) is 0 Å². The Bertz CT molecular complexity index is 454. The zero-order valence-electron chi connectivity index (χ0n) is 11.1. The van der Waals surface area contributed by atoms with Crippen LogP contribution in [0.1, 0.15) is 43.1 Å². The summed E-state index contributed by atoms with van der Waals surface area (Å²) in [5.41, 5.74) is 0.521. The topological polar surface area (TPSA) is 46.9 Å². The predicted octanol–water partition coefficient (Wildman–Crippen LogP) is 1.97. The summed E-state index contributed by atoms with van der Waals surface area (Å²) in [6, 6.07) is 2.04. The van der Waals surface area contributed by atoms with Gasteiger partial charge < -0.3 is 5.32 Å². The van der Waals surface area contributed by atoms with Gasteiger partial charge in [-0.3, -0.25) is 9.48 Å². The smallest absolute Gasteiger partial charge is 0.271 e. The lowest BCUT2D eigenvalue weighted by Crippen LogP contribution is -2.40. The van der Waals surface area contributed by atoms with Crippen molar-refractivity contribution in [2.24, 2.45) is 24.8 Å². The molecule has 0 aromatic carbocycles. The zero-order valence-corrected chi connectivity index (χ0v) is 11.1. The van der Waals surface area contributed by atoms with Crippen molar-refractivity contribution in [1.29, 1.82) is 0 Å². The van der Waals surface area contributed by atoms with Crippen LogP contribution < -0.4 is 5.32 Å². The van der Waals surface area contributed by atoms with E-state index in [-0.39, 0.29) is 11.9 Å². The molecule has 4 heteroatoms. The van der Waals surface area contributed by atoms with Crippen LogP contribution in [-0.4, -0.2) is 21.7 Å². The van der Waals surface area contributed by atoms with Crippen molar-refractivity contribution in [3.63, 3.8) is 0 Å². The van der Waals surface area contributed by atoms with Crippen LogP contribution in [0.15, 0.2) is 12.3 Å². The van der Waals surface area contributed by atoms with E-state index in [4.69, 9.17) is 0 Å². The Morgan fingerprint density at radius 2 is 2.33 bits per heavy atom. The standard InChI is InChI=1S/C14H21N3O/c1-9(12-8-10-3-4-11(12)7-10)15-14(18)13-5-6-17(2)16-13/h5-6,9-12H,3-4,7-8H2,1-2H3,(H,15,18)/t9-,10-,11-,12-/m0/s1. The number of fused-ring (bicyclic) bond motifs is 2. The third-order valence-electron chi connectivity index (χ3n) is 4.74.